The lowest BCUT2D eigenvalue weighted by Crippen LogP contribution is -2.54. The number of fused-ring (bicyclic) bond motifs is 2. The van der Waals surface area contributed by atoms with Crippen LogP contribution in [0.4, 0.5) is 0 Å². The van der Waals surface area contributed by atoms with Gasteiger partial charge >= 0.3 is 0 Å². The van der Waals surface area contributed by atoms with Crippen LogP contribution in [0.25, 0.3) is 0 Å². The van der Waals surface area contributed by atoms with E-state index < -0.39 is 5.54 Å². The van der Waals surface area contributed by atoms with Gasteiger partial charge in [-0.1, -0.05) is 20.8 Å². The predicted molar refractivity (Wildman–Crippen MR) is 57.3 cm³/mol. The highest BCUT2D eigenvalue weighted by molar-refractivity contribution is 5.99. The molecule has 0 heterocycles. The molecule has 0 aliphatic heterocycles. The lowest BCUT2D eigenvalue weighted by atomic mass is 9.74. The molecular formula is C12H19NO2. The highest BCUT2D eigenvalue weighted by Crippen LogP contribution is 2.55. The first-order chi connectivity index (χ1) is 6.92. The van der Waals surface area contributed by atoms with Gasteiger partial charge in [-0.3, -0.25) is 9.59 Å². The molecular weight excluding hydrogens is 190 g/mol. The van der Waals surface area contributed by atoms with Gasteiger partial charge < -0.3 is 5.32 Å². The van der Waals surface area contributed by atoms with Crippen LogP contribution in [0.5, 0.6) is 0 Å². The number of hydrogen-bond acceptors (Lipinski definition) is 2. The normalized spacial score (nSPS) is 37.0. The molecule has 3 heteroatoms. The Balaban J connectivity index is 2.23. The average Bonchev–Trinajstić information content (AvgIpc) is 2.67. The number of ketones is 1. The van der Waals surface area contributed by atoms with Crippen LogP contribution in [-0.2, 0) is 9.59 Å². The highest BCUT2D eigenvalue weighted by Gasteiger charge is 2.61. The summed E-state index contributed by atoms with van der Waals surface area (Å²) in [5, 5.41) is 2.95. The van der Waals surface area contributed by atoms with Gasteiger partial charge in [0.05, 0.1) is 5.54 Å². The van der Waals surface area contributed by atoms with Crippen molar-refractivity contribution in [3.8, 4) is 0 Å². The van der Waals surface area contributed by atoms with Gasteiger partial charge in [0.2, 0.25) is 5.91 Å². The third kappa shape index (κ3) is 1.32. The summed E-state index contributed by atoms with van der Waals surface area (Å²) in [4.78, 5) is 23.7. The summed E-state index contributed by atoms with van der Waals surface area (Å²) in [5.74, 6) is 0.705. The van der Waals surface area contributed by atoms with Crippen molar-refractivity contribution < 1.29 is 9.59 Å². The van der Waals surface area contributed by atoms with Gasteiger partial charge in [0.25, 0.3) is 0 Å². The number of amides is 1. The van der Waals surface area contributed by atoms with Crippen molar-refractivity contribution in [2.75, 3.05) is 0 Å². The first-order valence-electron chi connectivity index (χ1n) is 5.78. The molecule has 2 saturated carbocycles. The molecule has 0 radical (unpaired) electrons. The van der Waals surface area contributed by atoms with E-state index in [1.54, 1.807) is 0 Å². The fourth-order valence-electron chi connectivity index (χ4n) is 3.20. The Morgan fingerprint density at radius 3 is 2.67 bits per heavy atom. The Bertz CT molecular complexity index is 322. The van der Waals surface area contributed by atoms with Crippen molar-refractivity contribution in [3.63, 3.8) is 0 Å². The summed E-state index contributed by atoms with van der Waals surface area (Å²) in [6.07, 6.45) is 3.22. The van der Waals surface area contributed by atoms with Crippen LogP contribution >= 0.6 is 0 Å². The van der Waals surface area contributed by atoms with Crippen LogP contribution in [0.2, 0.25) is 0 Å². The van der Waals surface area contributed by atoms with E-state index in [0.717, 1.165) is 19.3 Å². The van der Waals surface area contributed by atoms with E-state index in [0.29, 0.717) is 12.3 Å². The fourth-order valence-corrected chi connectivity index (χ4v) is 3.20. The molecule has 84 valence electrons. The number of rotatable bonds is 2. The molecule has 2 rings (SSSR count). The molecule has 15 heavy (non-hydrogen) atoms. The second-order valence-corrected chi connectivity index (χ2v) is 5.47. The third-order valence-corrected chi connectivity index (χ3v) is 4.25. The lowest BCUT2D eigenvalue weighted by Gasteiger charge is -2.33. The van der Waals surface area contributed by atoms with Crippen molar-refractivity contribution >= 4 is 11.7 Å². The van der Waals surface area contributed by atoms with Crippen LogP contribution in [0.1, 0.15) is 46.5 Å². The first kappa shape index (κ1) is 10.7. The summed E-state index contributed by atoms with van der Waals surface area (Å²) >= 11 is 0. The van der Waals surface area contributed by atoms with Gasteiger partial charge in [-0.15, -0.1) is 0 Å². The van der Waals surface area contributed by atoms with Crippen LogP contribution in [-0.4, -0.2) is 17.2 Å². The molecule has 0 aromatic carbocycles. The van der Waals surface area contributed by atoms with E-state index in [9.17, 15) is 9.59 Å². The molecule has 2 unspecified atom stereocenters. The van der Waals surface area contributed by atoms with Gasteiger partial charge in [0, 0.05) is 11.8 Å². The molecule has 1 amide bonds. The maximum absolute atomic E-state index is 12.2. The quantitative estimate of drug-likeness (QED) is 0.751. The molecule has 0 aromatic rings. The second-order valence-electron chi connectivity index (χ2n) is 5.47. The Morgan fingerprint density at radius 2 is 2.20 bits per heavy atom. The molecule has 2 atom stereocenters. The maximum Gasteiger partial charge on any atom is 0.220 e. The van der Waals surface area contributed by atoms with Crippen molar-refractivity contribution in [1.82, 2.24) is 5.32 Å². The molecule has 2 aliphatic rings. The van der Waals surface area contributed by atoms with Gasteiger partial charge in [-0.2, -0.15) is 0 Å². The zero-order chi connectivity index (χ0) is 11.3. The summed E-state index contributed by atoms with van der Waals surface area (Å²) in [6.45, 7) is 5.85. The number of carbonyl (C=O) groups is 2. The first-order valence-corrected chi connectivity index (χ1v) is 5.78. The van der Waals surface area contributed by atoms with Gasteiger partial charge in [-0.25, -0.2) is 0 Å². The largest absolute Gasteiger partial charge is 0.344 e. The molecule has 0 spiro atoms. The summed E-state index contributed by atoms with van der Waals surface area (Å²) in [7, 11) is 0. The van der Waals surface area contributed by atoms with Gasteiger partial charge in [0.15, 0.2) is 5.78 Å². The molecule has 0 saturated heterocycles. The Labute approximate surface area is 90.6 Å². The molecule has 1 N–H and O–H groups in total. The average molecular weight is 209 g/mol. The fraction of sp³-hybridized carbons (Fsp3) is 0.833. The lowest BCUT2D eigenvalue weighted by molar-refractivity contribution is -0.136. The van der Waals surface area contributed by atoms with E-state index in [-0.39, 0.29) is 17.1 Å². The molecule has 0 aromatic heterocycles. The highest BCUT2D eigenvalue weighted by atomic mass is 16.2. The predicted octanol–water partition coefficient (Wildman–Crippen LogP) is 1.66. The van der Waals surface area contributed by atoms with Crippen LogP contribution < -0.4 is 5.32 Å². The zero-order valence-electron chi connectivity index (χ0n) is 9.72. The monoisotopic (exact) mass is 209 g/mol. The molecule has 2 bridgehead atoms. The van der Waals surface area contributed by atoms with E-state index in [1.165, 1.54) is 0 Å². The standard InChI is InChI=1S/C12H19NO2/c1-4-9(14)13-12-6-5-8(7-12)11(2,3)10(12)15/h8H,4-7H2,1-3H3,(H,13,14). The molecule has 3 nitrogen and oxygen atoms in total. The molecule has 2 aliphatic carbocycles. The number of nitrogens with one attached hydrogen (secondary N) is 1. The van der Waals surface area contributed by atoms with Crippen LogP contribution in [0, 0.1) is 11.3 Å². The smallest absolute Gasteiger partial charge is 0.220 e. The number of hydrogen-bond donors (Lipinski definition) is 1. The van der Waals surface area contributed by atoms with E-state index in [2.05, 4.69) is 5.32 Å². The number of Topliss-reactive ketones (excluding diaryl/α,β-unsaturated/α-hetero) is 1. The Hall–Kier alpha value is -0.860. The minimum absolute atomic E-state index is 0.00157. The van der Waals surface area contributed by atoms with E-state index >= 15 is 0 Å². The third-order valence-electron chi connectivity index (χ3n) is 4.25. The van der Waals surface area contributed by atoms with E-state index in [4.69, 9.17) is 0 Å². The Kier molecular flexibility index (Phi) is 2.18. The van der Waals surface area contributed by atoms with Gasteiger partial charge in [-0.05, 0) is 25.2 Å². The summed E-state index contributed by atoms with van der Waals surface area (Å²) in [5.41, 5.74) is -0.749. The SMILES string of the molecule is CCC(=O)NC12CCC(C1)C(C)(C)C2=O. The minimum Gasteiger partial charge on any atom is -0.344 e. The second kappa shape index (κ2) is 3.06. The van der Waals surface area contributed by atoms with Crippen molar-refractivity contribution in [2.45, 2.75) is 52.0 Å². The topological polar surface area (TPSA) is 46.2 Å². The van der Waals surface area contributed by atoms with Crippen molar-refractivity contribution in [1.29, 1.82) is 0 Å². The van der Waals surface area contributed by atoms with Crippen molar-refractivity contribution in [2.24, 2.45) is 11.3 Å². The van der Waals surface area contributed by atoms with Gasteiger partial charge in [0.1, 0.15) is 0 Å². The number of carbonyl (C=O) groups excluding carboxylic acids is 2. The zero-order valence-corrected chi connectivity index (χ0v) is 9.72. The minimum atomic E-state index is -0.513. The molecule has 2 fully saturated rings. The van der Waals surface area contributed by atoms with Crippen molar-refractivity contribution in [3.05, 3.63) is 0 Å². The van der Waals surface area contributed by atoms with E-state index in [1.807, 2.05) is 20.8 Å². The van der Waals surface area contributed by atoms with Crippen LogP contribution in [0.15, 0.2) is 0 Å². The maximum atomic E-state index is 12.2. The summed E-state index contributed by atoms with van der Waals surface area (Å²) in [6, 6.07) is 0. The Morgan fingerprint density at radius 1 is 1.53 bits per heavy atom. The van der Waals surface area contributed by atoms with Crippen LogP contribution in [0.3, 0.4) is 0 Å². The summed E-state index contributed by atoms with van der Waals surface area (Å²) < 4.78 is 0.